The lowest BCUT2D eigenvalue weighted by Crippen LogP contribution is -2.47. The molecule has 4 heteroatoms. The van der Waals surface area contributed by atoms with Crippen LogP contribution in [0.25, 0.3) is 0 Å². The predicted molar refractivity (Wildman–Crippen MR) is 30.1 cm³/mol. The molecule has 0 spiro atoms. The van der Waals surface area contributed by atoms with Crippen molar-refractivity contribution in [2.24, 2.45) is 0 Å². The highest BCUT2D eigenvalue weighted by Gasteiger charge is 2.18. The molecular weight excluding hydrogens is 120 g/mol. The van der Waals surface area contributed by atoms with Crippen molar-refractivity contribution in [1.82, 2.24) is 10.4 Å². The van der Waals surface area contributed by atoms with Crippen LogP contribution in [0.2, 0.25) is 0 Å². The van der Waals surface area contributed by atoms with Crippen molar-refractivity contribution in [3.63, 3.8) is 0 Å². The van der Waals surface area contributed by atoms with E-state index in [4.69, 9.17) is 0 Å². The van der Waals surface area contributed by atoms with Gasteiger partial charge in [0.25, 0.3) is 0 Å². The number of carbonyl (C=O) groups excluding carboxylic acids is 2. The molecule has 0 saturated carbocycles. The van der Waals surface area contributed by atoms with Gasteiger partial charge < -0.3 is 0 Å². The lowest BCUT2D eigenvalue weighted by Gasteiger charge is -2.22. The summed E-state index contributed by atoms with van der Waals surface area (Å²) in [6.07, 6.45) is 0.658. The van der Waals surface area contributed by atoms with Gasteiger partial charge in [-0.3, -0.25) is 20.0 Å². The molecule has 1 heterocycles. The largest absolute Gasteiger partial charge is 0.273 e. The van der Waals surface area contributed by atoms with Crippen LogP contribution >= 0.6 is 0 Å². The van der Waals surface area contributed by atoms with E-state index in [2.05, 4.69) is 5.43 Å². The zero-order chi connectivity index (χ0) is 6.85. The van der Waals surface area contributed by atoms with Crippen molar-refractivity contribution < 1.29 is 9.59 Å². The summed E-state index contributed by atoms with van der Waals surface area (Å²) >= 11 is 0. The molecular formula is C5H8N2O2. The van der Waals surface area contributed by atoms with E-state index in [1.54, 1.807) is 7.05 Å². The van der Waals surface area contributed by atoms with Gasteiger partial charge >= 0.3 is 0 Å². The van der Waals surface area contributed by atoms with Crippen LogP contribution in [-0.2, 0) is 9.59 Å². The maximum Gasteiger partial charge on any atom is 0.241 e. The Labute approximate surface area is 52.8 Å². The van der Waals surface area contributed by atoms with Crippen molar-refractivity contribution in [2.45, 2.75) is 12.8 Å². The zero-order valence-corrected chi connectivity index (χ0v) is 5.18. The van der Waals surface area contributed by atoms with Crippen molar-refractivity contribution in [2.75, 3.05) is 7.05 Å². The number of nitrogens with one attached hydrogen (secondary N) is 1. The average Bonchev–Trinajstić information content (AvgIpc) is 1.80. The van der Waals surface area contributed by atoms with E-state index in [9.17, 15) is 9.59 Å². The first kappa shape index (κ1) is 6.07. The van der Waals surface area contributed by atoms with Gasteiger partial charge in [0.05, 0.1) is 0 Å². The van der Waals surface area contributed by atoms with Gasteiger partial charge in [-0.25, -0.2) is 0 Å². The third-order valence-electron chi connectivity index (χ3n) is 1.23. The highest BCUT2D eigenvalue weighted by molar-refractivity contribution is 5.88. The molecule has 1 saturated heterocycles. The summed E-state index contributed by atoms with van der Waals surface area (Å²) in [5.74, 6) is -0.119. The van der Waals surface area contributed by atoms with Crippen LogP contribution in [0.5, 0.6) is 0 Å². The van der Waals surface area contributed by atoms with Crippen molar-refractivity contribution in [1.29, 1.82) is 0 Å². The van der Waals surface area contributed by atoms with Crippen molar-refractivity contribution >= 4 is 11.8 Å². The molecule has 1 N–H and O–H groups in total. The molecule has 1 rings (SSSR count). The van der Waals surface area contributed by atoms with Gasteiger partial charge in [0.15, 0.2) is 0 Å². The maximum atomic E-state index is 10.7. The first-order valence-electron chi connectivity index (χ1n) is 2.76. The molecule has 0 unspecified atom stereocenters. The Morgan fingerprint density at radius 2 is 2.11 bits per heavy atom. The van der Waals surface area contributed by atoms with Crippen LogP contribution < -0.4 is 5.43 Å². The van der Waals surface area contributed by atoms with Crippen molar-refractivity contribution in [3.05, 3.63) is 0 Å². The fourth-order valence-electron chi connectivity index (χ4n) is 0.693. The molecule has 9 heavy (non-hydrogen) atoms. The van der Waals surface area contributed by atoms with E-state index < -0.39 is 0 Å². The molecule has 4 nitrogen and oxygen atoms in total. The Morgan fingerprint density at radius 1 is 1.44 bits per heavy atom. The van der Waals surface area contributed by atoms with Crippen LogP contribution in [-0.4, -0.2) is 23.9 Å². The van der Waals surface area contributed by atoms with Gasteiger partial charge in [-0.05, 0) is 0 Å². The second kappa shape index (κ2) is 2.05. The summed E-state index contributed by atoms with van der Waals surface area (Å²) in [5, 5.41) is 1.21. The van der Waals surface area contributed by atoms with E-state index >= 15 is 0 Å². The fourth-order valence-corrected chi connectivity index (χ4v) is 0.693. The smallest absolute Gasteiger partial charge is 0.241 e. The molecule has 0 aromatic rings. The number of nitrogens with zero attached hydrogens (tertiary/aromatic N) is 1. The van der Waals surface area contributed by atoms with Crippen LogP contribution in [0.3, 0.4) is 0 Å². The van der Waals surface area contributed by atoms with E-state index in [-0.39, 0.29) is 11.8 Å². The number of hydrogen-bond donors (Lipinski definition) is 1. The lowest BCUT2D eigenvalue weighted by atomic mass is 10.2. The number of amides is 2. The van der Waals surface area contributed by atoms with Gasteiger partial charge in [0, 0.05) is 19.9 Å². The molecule has 0 aromatic heterocycles. The van der Waals surface area contributed by atoms with Crippen molar-refractivity contribution in [3.8, 4) is 0 Å². The second-order valence-electron chi connectivity index (χ2n) is 1.99. The van der Waals surface area contributed by atoms with Gasteiger partial charge in [-0.1, -0.05) is 0 Å². The zero-order valence-electron chi connectivity index (χ0n) is 5.18. The minimum absolute atomic E-state index is 0.0328. The van der Waals surface area contributed by atoms with Gasteiger partial charge in [-0.2, -0.15) is 0 Å². The SMILES string of the molecule is CN1NC(=O)CCC1=O. The lowest BCUT2D eigenvalue weighted by molar-refractivity contribution is -0.145. The summed E-state index contributed by atoms with van der Waals surface area (Å²) in [7, 11) is 1.54. The normalized spacial score (nSPS) is 19.9. The molecule has 1 aliphatic heterocycles. The Balaban J connectivity index is 2.54. The molecule has 1 aliphatic rings. The molecule has 0 aromatic carbocycles. The van der Waals surface area contributed by atoms with Crippen LogP contribution in [0, 0.1) is 0 Å². The molecule has 0 aliphatic carbocycles. The monoisotopic (exact) mass is 128 g/mol. The fraction of sp³-hybridized carbons (Fsp3) is 0.600. The van der Waals surface area contributed by atoms with E-state index in [0.717, 1.165) is 0 Å². The number of hydrazine groups is 1. The van der Waals surface area contributed by atoms with Gasteiger partial charge in [0.2, 0.25) is 11.8 Å². The quantitative estimate of drug-likeness (QED) is 0.467. The number of carbonyl (C=O) groups is 2. The summed E-state index contributed by atoms with van der Waals surface area (Å²) in [4.78, 5) is 21.2. The summed E-state index contributed by atoms with van der Waals surface area (Å²) < 4.78 is 0. The van der Waals surface area contributed by atoms with E-state index in [1.807, 2.05) is 0 Å². The molecule has 0 bridgehead atoms. The predicted octanol–water partition coefficient (Wildman–Crippen LogP) is -0.730. The molecule has 50 valence electrons. The first-order valence-corrected chi connectivity index (χ1v) is 2.76. The van der Waals surface area contributed by atoms with E-state index in [1.165, 1.54) is 5.01 Å². The molecule has 1 fully saturated rings. The summed E-state index contributed by atoms with van der Waals surface area (Å²) in [5.41, 5.74) is 2.37. The molecule has 2 amide bonds. The van der Waals surface area contributed by atoms with Gasteiger partial charge in [0.1, 0.15) is 0 Å². The highest BCUT2D eigenvalue weighted by atomic mass is 16.2. The van der Waals surface area contributed by atoms with Crippen LogP contribution in [0.1, 0.15) is 12.8 Å². The Hall–Kier alpha value is -1.06. The topological polar surface area (TPSA) is 49.4 Å². The molecule has 0 atom stereocenters. The average molecular weight is 128 g/mol. The minimum Gasteiger partial charge on any atom is -0.273 e. The Kier molecular flexibility index (Phi) is 1.38. The number of hydrogen-bond acceptors (Lipinski definition) is 2. The third kappa shape index (κ3) is 1.19. The summed E-state index contributed by atoms with van der Waals surface area (Å²) in [6, 6.07) is 0. The highest BCUT2D eigenvalue weighted by Crippen LogP contribution is 1.99. The first-order chi connectivity index (χ1) is 4.20. The molecule has 0 radical (unpaired) electrons. The van der Waals surface area contributed by atoms with Crippen LogP contribution in [0.4, 0.5) is 0 Å². The van der Waals surface area contributed by atoms with E-state index in [0.29, 0.717) is 12.8 Å². The van der Waals surface area contributed by atoms with Crippen LogP contribution in [0.15, 0.2) is 0 Å². The minimum atomic E-state index is -0.0860. The van der Waals surface area contributed by atoms with Gasteiger partial charge in [-0.15, -0.1) is 0 Å². The Morgan fingerprint density at radius 3 is 2.56 bits per heavy atom. The summed E-state index contributed by atoms with van der Waals surface area (Å²) in [6.45, 7) is 0. The second-order valence-corrected chi connectivity index (χ2v) is 1.99. The Bertz CT molecular complexity index is 155. The third-order valence-corrected chi connectivity index (χ3v) is 1.23. The maximum absolute atomic E-state index is 10.7. The standard InChI is InChI=1S/C5H8N2O2/c1-7-5(9)3-2-4(8)6-7/h2-3H2,1H3,(H,6,8). The number of rotatable bonds is 0.